The van der Waals surface area contributed by atoms with Crippen LogP contribution in [0, 0.1) is 0 Å². The Balaban J connectivity index is 0.00000180. The Labute approximate surface area is 121 Å². The minimum Gasteiger partial charge on any atom is -0.348 e. The Morgan fingerprint density at radius 1 is 1.05 bits per heavy atom. The van der Waals surface area contributed by atoms with Gasteiger partial charge >= 0.3 is 0 Å². The molecule has 2 unspecified atom stereocenters. The summed E-state index contributed by atoms with van der Waals surface area (Å²) in [4.78, 5) is 26.9. The molecule has 110 valence electrons. The number of fused-ring (bicyclic) bond motifs is 2. The van der Waals surface area contributed by atoms with Gasteiger partial charge in [0.1, 0.15) is 6.42 Å². The average molecular weight is 290 g/mol. The van der Waals surface area contributed by atoms with Gasteiger partial charge in [-0.15, -0.1) is 12.4 Å². The summed E-state index contributed by atoms with van der Waals surface area (Å²) in [5, 5.41) is 3.56. The molecule has 2 atom stereocenters. The summed E-state index contributed by atoms with van der Waals surface area (Å²) in [6.07, 6.45) is 4.48. The van der Waals surface area contributed by atoms with E-state index >= 15 is 0 Å². The molecule has 0 radical (unpaired) electrons. The first kappa shape index (κ1) is 16.2. The van der Waals surface area contributed by atoms with Crippen LogP contribution in [0.3, 0.4) is 0 Å². The van der Waals surface area contributed by atoms with Gasteiger partial charge in [-0.05, 0) is 25.7 Å². The van der Waals surface area contributed by atoms with Crippen LogP contribution in [0.25, 0.3) is 0 Å². The number of carbonyl (C=O) groups is 2. The van der Waals surface area contributed by atoms with E-state index in [0.717, 1.165) is 12.8 Å². The zero-order chi connectivity index (χ0) is 13.3. The summed E-state index contributed by atoms with van der Waals surface area (Å²) in [7, 11) is 5.20. The molecule has 0 spiro atoms. The predicted molar refractivity (Wildman–Crippen MR) is 76.3 cm³/mol. The Bertz CT molecular complexity index is 337. The van der Waals surface area contributed by atoms with Gasteiger partial charge in [-0.3, -0.25) is 9.59 Å². The highest BCUT2D eigenvalue weighted by molar-refractivity contribution is 5.96. The van der Waals surface area contributed by atoms with E-state index in [9.17, 15) is 9.59 Å². The largest absolute Gasteiger partial charge is 0.348 e. The fraction of sp³-hybridized carbons (Fsp3) is 0.846. The second-order valence-electron chi connectivity index (χ2n) is 5.73. The van der Waals surface area contributed by atoms with Crippen LogP contribution in [0.15, 0.2) is 0 Å². The minimum atomic E-state index is -0.122. The van der Waals surface area contributed by atoms with Crippen LogP contribution in [0.2, 0.25) is 0 Å². The Morgan fingerprint density at radius 2 is 1.58 bits per heavy atom. The third kappa shape index (κ3) is 3.83. The average Bonchev–Trinajstić information content (AvgIpc) is 2.66. The molecule has 2 aliphatic heterocycles. The normalized spacial score (nSPS) is 28.5. The molecule has 0 saturated carbocycles. The van der Waals surface area contributed by atoms with Crippen LogP contribution in [0.5, 0.6) is 0 Å². The van der Waals surface area contributed by atoms with E-state index in [-0.39, 0.29) is 30.6 Å². The Hall–Kier alpha value is -0.810. The molecule has 2 amide bonds. The molecule has 0 aliphatic carbocycles. The van der Waals surface area contributed by atoms with E-state index in [2.05, 4.69) is 5.32 Å². The van der Waals surface area contributed by atoms with Crippen LogP contribution in [0.1, 0.15) is 32.1 Å². The standard InChI is InChI=1S/C13H23N3O2.ClH/c1-15(2)12(17)8-13(18)16(3)11-6-9-4-5-10(7-11)14-9;/h9-11,14H,4-8H2,1-3H3;1H. The number of rotatable bonds is 3. The predicted octanol–water partition coefficient (Wildman–Crippen LogP) is 0.628. The van der Waals surface area contributed by atoms with Crippen molar-refractivity contribution in [3.63, 3.8) is 0 Å². The van der Waals surface area contributed by atoms with Gasteiger partial charge in [0.25, 0.3) is 0 Å². The second kappa shape index (κ2) is 6.57. The van der Waals surface area contributed by atoms with Crippen molar-refractivity contribution < 1.29 is 9.59 Å². The highest BCUT2D eigenvalue weighted by Crippen LogP contribution is 2.29. The van der Waals surface area contributed by atoms with E-state index in [0.29, 0.717) is 18.1 Å². The van der Waals surface area contributed by atoms with Gasteiger partial charge < -0.3 is 15.1 Å². The molecule has 5 nitrogen and oxygen atoms in total. The minimum absolute atomic E-state index is 0. The summed E-state index contributed by atoms with van der Waals surface area (Å²) >= 11 is 0. The molecule has 2 fully saturated rings. The van der Waals surface area contributed by atoms with Crippen LogP contribution in [0.4, 0.5) is 0 Å². The maximum absolute atomic E-state index is 12.0. The van der Waals surface area contributed by atoms with Gasteiger partial charge in [-0.2, -0.15) is 0 Å². The zero-order valence-corrected chi connectivity index (χ0v) is 12.7. The van der Waals surface area contributed by atoms with Gasteiger partial charge in [-0.1, -0.05) is 0 Å². The van der Waals surface area contributed by atoms with Crippen molar-refractivity contribution in [3.05, 3.63) is 0 Å². The zero-order valence-electron chi connectivity index (χ0n) is 11.9. The molecule has 2 heterocycles. The molecule has 0 aromatic carbocycles. The van der Waals surface area contributed by atoms with Crippen LogP contribution in [-0.4, -0.2) is 60.9 Å². The van der Waals surface area contributed by atoms with Crippen LogP contribution < -0.4 is 5.32 Å². The molecule has 2 rings (SSSR count). The smallest absolute Gasteiger partial charge is 0.232 e. The number of hydrogen-bond acceptors (Lipinski definition) is 3. The summed E-state index contributed by atoms with van der Waals surface area (Å²) in [5.74, 6) is -0.177. The number of nitrogens with one attached hydrogen (secondary N) is 1. The van der Waals surface area contributed by atoms with E-state index in [1.807, 2.05) is 7.05 Å². The fourth-order valence-corrected chi connectivity index (χ4v) is 2.96. The molecule has 19 heavy (non-hydrogen) atoms. The SMILES string of the molecule is CN(C)C(=O)CC(=O)N(C)C1CC2CCC(C1)N2.Cl. The molecule has 0 aromatic rings. The van der Waals surface area contributed by atoms with Crippen molar-refractivity contribution in [3.8, 4) is 0 Å². The van der Waals surface area contributed by atoms with Crippen molar-refractivity contribution in [2.75, 3.05) is 21.1 Å². The first-order valence-corrected chi connectivity index (χ1v) is 6.69. The lowest BCUT2D eigenvalue weighted by Crippen LogP contribution is -2.49. The van der Waals surface area contributed by atoms with Gasteiger partial charge in [0.2, 0.25) is 11.8 Å². The molecular formula is C13H24ClN3O2. The lowest BCUT2D eigenvalue weighted by molar-refractivity contribution is -0.140. The summed E-state index contributed by atoms with van der Waals surface area (Å²) in [6, 6.07) is 1.42. The molecule has 1 N–H and O–H groups in total. The van der Waals surface area contributed by atoms with E-state index in [4.69, 9.17) is 0 Å². The number of hydrogen-bond donors (Lipinski definition) is 1. The van der Waals surface area contributed by atoms with Crippen molar-refractivity contribution in [2.24, 2.45) is 0 Å². The fourth-order valence-electron chi connectivity index (χ4n) is 2.96. The van der Waals surface area contributed by atoms with Crippen LogP contribution in [-0.2, 0) is 9.59 Å². The molecule has 0 aromatic heterocycles. The van der Waals surface area contributed by atoms with E-state index < -0.39 is 0 Å². The molecule has 6 heteroatoms. The maximum atomic E-state index is 12.0. The quantitative estimate of drug-likeness (QED) is 0.776. The molecule has 2 saturated heterocycles. The summed E-state index contributed by atoms with van der Waals surface area (Å²) in [5.41, 5.74) is 0. The molecular weight excluding hydrogens is 266 g/mol. The monoisotopic (exact) mass is 289 g/mol. The lowest BCUT2D eigenvalue weighted by Gasteiger charge is -2.35. The Kier molecular flexibility index (Phi) is 5.62. The Morgan fingerprint density at radius 3 is 2.05 bits per heavy atom. The van der Waals surface area contributed by atoms with Gasteiger partial charge in [0.05, 0.1) is 0 Å². The third-order valence-corrected chi connectivity index (χ3v) is 4.19. The number of halogens is 1. The van der Waals surface area contributed by atoms with Crippen molar-refractivity contribution in [1.29, 1.82) is 0 Å². The summed E-state index contributed by atoms with van der Waals surface area (Å²) in [6.45, 7) is 0. The lowest BCUT2D eigenvalue weighted by atomic mass is 9.98. The first-order chi connectivity index (χ1) is 8.47. The summed E-state index contributed by atoms with van der Waals surface area (Å²) < 4.78 is 0. The molecule has 2 bridgehead atoms. The van der Waals surface area contributed by atoms with Gasteiger partial charge in [0.15, 0.2) is 0 Å². The topological polar surface area (TPSA) is 52.7 Å². The van der Waals surface area contributed by atoms with E-state index in [1.165, 1.54) is 17.7 Å². The number of carbonyl (C=O) groups excluding carboxylic acids is 2. The van der Waals surface area contributed by atoms with Crippen molar-refractivity contribution in [1.82, 2.24) is 15.1 Å². The highest BCUT2D eigenvalue weighted by Gasteiger charge is 2.36. The first-order valence-electron chi connectivity index (χ1n) is 6.69. The van der Waals surface area contributed by atoms with Crippen molar-refractivity contribution >= 4 is 24.2 Å². The van der Waals surface area contributed by atoms with Gasteiger partial charge in [0, 0.05) is 39.3 Å². The number of amides is 2. The highest BCUT2D eigenvalue weighted by atomic mass is 35.5. The van der Waals surface area contributed by atoms with Gasteiger partial charge in [-0.25, -0.2) is 0 Å². The molecule has 2 aliphatic rings. The number of piperidine rings is 1. The maximum Gasteiger partial charge on any atom is 0.232 e. The number of nitrogens with zero attached hydrogens (tertiary/aromatic N) is 2. The van der Waals surface area contributed by atoms with Crippen molar-refractivity contribution in [2.45, 2.75) is 50.2 Å². The van der Waals surface area contributed by atoms with Crippen LogP contribution >= 0.6 is 12.4 Å². The third-order valence-electron chi connectivity index (χ3n) is 4.19. The van der Waals surface area contributed by atoms with E-state index in [1.54, 1.807) is 19.0 Å². The second-order valence-corrected chi connectivity index (χ2v) is 5.73.